The molecule has 0 unspecified atom stereocenters. The number of aryl methyl sites for hydroxylation is 1. The van der Waals surface area contributed by atoms with Gasteiger partial charge in [-0.1, -0.05) is 17.7 Å². The van der Waals surface area contributed by atoms with Crippen molar-refractivity contribution in [2.24, 2.45) is 0 Å². The molecule has 0 bridgehead atoms. The van der Waals surface area contributed by atoms with Gasteiger partial charge in [-0.3, -0.25) is 4.79 Å². The Kier molecular flexibility index (Phi) is 4.56. The van der Waals surface area contributed by atoms with Crippen molar-refractivity contribution in [1.29, 1.82) is 0 Å². The van der Waals surface area contributed by atoms with Crippen LogP contribution in [0.2, 0.25) is 0 Å². The van der Waals surface area contributed by atoms with Gasteiger partial charge in [-0.2, -0.15) is 0 Å². The second kappa shape index (κ2) is 6.39. The summed E-state index contributed by atoms with van der Waals surface area (Å²) in [6.45, 7) is 2.00. The fourth-order valence-electron chi connectivity index (χ4n) is 2.21. The zero-order valence-electron chi connectivity index (χ0n) is 13.2. The van der Waals surface area contributed by atoms with E-state index in [1.54, 1.807) is 24.1 Å². The van der Waals surface area contributed by atoms with Crippen molar-refractivity contribution in [2.45, 2.75) is 6.92 Å². The SMILES string of the molecule is COc1cc(N)cc(C(=O)N(C)c2ccc(C)cc2)c1OC. The van der Waals surface area contributed by atoms with Crippen molar-refractivity contribution in [3.8, 4) is 11.5 Å². The molecular weight excluding hydrogens is 280 g/mol. The first-order valence-corrected chi connectivity index (χ1v) is 6.84. The average molecular weight is 300 g/mol. The van der Waals surface area contributed by atoms with E-state index in [1.165, 1.54) is 14.2 Å². The van der Waals surface area contributed by atoms with Gasteiger partial charge < -0.3 is 20.1 Å². The topological polar surface area (TPSA) is 64.8 Å². The molecule has 1 amide bonds. The number of hydrogen-bond donors (Lipinski definition) is 1. The van der Waals surface area contributed by atoms with E-state index in [1.807, 2.05) is 31.2 Å². The molecule has 0 aliphatic heterocycles. The minimum atomic E-state index is -0.216. The van der Waals surface area contributed by atoms with Crippen LogP contribution in [-0.4, -0.2) is 27.2 Å². The van der Waals surface area contributed by atoms with Crippen LogP contribution in [0.4, 0.5) is 11.4 Å². The number of nitrogen functional groups attached to an aromatic ring is 1. The highest BCUT2D eigenvalue weighted by molar-refractivity contribution is 6.08. The molecule has 22 heavy (non-hydrogen) atoms. The number of nitrogens with zero attached hydrogens (tertiary/aromatic N) is 1. The average Bonchev–Trinajstić information content (AvgIpc) is 2.53. The van der Waals surface area contributed by atoms with Gasteiger partial charge in [-0.25, -0.2) is 0 Å². The first-order valence-electron chi connectivity index (χ1n) is 6.84. The van der Waals surface area contributed by atoms with Gasteiger partial charge in [0, 0.05) is 24.5 Å². The second-order valence-electron chi connectivity index (χ2n) is 5.00. The number of anilines is 2. The Labute approximate surface area is 130 Å². The van der Waals surface area contributed by atoms with Gasteiger partial charge in [0.25, 0.3) is 5.91 Å². The lowest BCUT2D eigenvalue weighted by atomic mass is 10.1. The Morgan fingerprint density at radius 2 is 1.73 bits per heavy atom. The predicted octanol–water partition coefficient (Wildman–Crippen LogP) is 2.87. The van der Waals surface area contributed by atoms with Gasteiger partial charge in [-0.15, -0.1) is 0 Å². The Hall–Kier alpha value is -2.69. The molecule has 0 saturated carbocycles. The zero-order chi connectivity index (χ0) is 16.3. The number of hydrogen-bond acceptors (Lipinski definition) is 4. The van der Waals surface area contributed by atoms with Crippen molar-refractivity contribution in [1.82, 2.24) is 0 Å². The lowest BCUT2D eigenvalue weighted by Crippen LogP contribution is -2.26. The van der Waals surface area contributed by atoms with E-state index in [2.05, 4.69) is 0 Å². The van der Waals surface area contributed by atoms with Gasteiger partial charge in [0.2, 0.25) is 0 Å². The summed E-state index contributed by atoms with van der Waals surface area (Å²) in [6.07, 6.45) is 0. The monoisotopic (exact) mass is 300 g/mol. The zero-order valence-corrected chi connectivity index (χ0v) is 13.2. The van der Waals surface area contributed by atoms with E-state index in [0.717, 1.165) is 11.3 Å². The molecule has 0 radical (unpaired) electrons. The number of nitrogens with two attached hydrogens (primary N) is 1. The molecule has 0 atom stereocenters. The normalized spacial score (nSPS) is 10.2. The van der Waals surface area contributed by atoms with E-state index < -0.39 is 0 Å². The highest BCUT2D eigenvalue weighted by Crippen LogP contribution is 2.34. The lowest BCUT2D eigenvalue weighted by molar-refractivity contribution is 0.0989. The Balaban J connectivity index is 2.44. The number of methoxy groups -OCH3 is 2. The third-order valence-corrected chi connectivity index (χ3v) is 3.46. The summed E-state index contributed by atoms with van der Waals surface area (Å²) in [4.78, 5) is 14.3. The Morgan fingerprint density at radius 3 is 2.27 bits per heavy atom. The first kappa shape index (κ1) is 15.7. The molecule has 0 fully saturated rings. The summed E-state index contributed by atoms with van der Waals surface area (Å²) in [5.74, 6) is 0.593. The summed E-state index contributed by atoms with van der Waals surface area (Å²) in [5, 5.41) is 0. The van der Waals surface area contributed by atoms with Gasteiger partial charge >= 0.3 is 0 Å². The summed E-state index contributed by atoms with van der Waals surface area (Å²) in [7, 11) is 4.72. The number of amides is 1. The smallest absolute Gasteiger partial charge is 0.261 e. The van der Waals surface area contributed by atoms with Crippen molar-refractivity contribution in [3.05, 3.63) is 47.5 Å². The molecule has 0 aromatic heterocycles. The fraction of sp³-hybridized carbons (Fsp3) is 0.235. The van der Waals surface area contributed by atoms with E-state index in [-0.39, 0.29) is 5.91 Å². The number of carbonyl (C=O) groups is 1. The molecular formula is C17H20N2O3. The molecule has 2 aromatic rings. The molecule has 5 heteroatoms. The molecule has 0 saturated heterocycles. The second-order valence-corrected chi connectivity index (χ2v) is 5.00. The highest BCUT2D eigenvalue weighted by atomic mass is 16.5. The fourth-order valence-corrected chi connectivity index (χ4v) is 2.21. The molecule has 0 spiro atoms. The van der Waals surface area contributed by atoms with E-state index >= 15 is 0 Å². The van der Waals surface area contributed by atoms with Crippen LogP contribution < -0.4 is 20.1 Å². The van der Waals surface area contributed by atoms with E-state index in [0.29, 0.717) is 22.7 Å². The molecule has 0 heterocycles. The standard InChI is InChI=1S/C17H20N2O3/c1-11-5-7-13(8-6-11)19(2)17(20)14-9-12(18)10-15(21-3)16(14)22-4/h5-10H,18H2,1-4H3. The number of carbonyl (C=O) groups excluding carboxylic acids is 1. The quantitative estimate of drug-likeness (QED) is 0.882. The lowest BCUT2D eigenvalue weighted by Gasteiger charge is -2.20. The van der Waals surface area contributed by atoms with Crippen molar-refractivity contribution in [3.63, 3.8) is 0 Å². The predicted molar refractivity (Wildman–Crippen MR) is 87.9 cm³/mol. The molecule has 0 aliphatic carbocycles. The minimum Gasteiger partial charge on any atom is -0.493 e. The van der Waals surface area contributed by atoms with E-state index in [4.69, 9.17) is 15.2 Å². The van der Waals surface area contributed by atoms with Crippen LogP contribution in [-0.2, 0) is 0 Å². The minimum absolute atomic E-state index is 0.216. The third kappa shape index (κ3) is 2.98. The molecule has 2 rings (SSSR count). The molecule has 2 N–H and O–H groups in total. The van der Waals surface area contributed by atoms with Crippen molar-refractivity contribution < 1.29 is 14.3 Å². The van der Waals surface area contributed by atoms with Crippen molar-refractivity contribution >= 4 is 17.3 Å². The number of benzene rings is 2. The molecule has 0 aliphatic rings. The maximum atomic E-state index is 12.8. The Morgan fingerprint density at radius 1 is 1.09 bits per heavy atom. The van der Waals surface area contributed by atoms with Crippen LogP contribution in [0.15, 0.2) is 36.4 Å². The molecule has 116 valence electrons. The summed E-state index contributed by atoms with van der Waals surface area (Å²) >= 11 is 0. The molecule has 2 aromatic carbocycles. The van der Waals surface area contributed by atoms with Gasteiger partial charge in [0.1, 0.15) is 0 Å². The maximum absolute atomic E-state index is 12.8. The number of ether oxygens (including phenoxy) is 2. The van der Waals surface area contributed by atoms with Crippen LogP contribution in [0.25, 0.3) is 0 Å². The van der Waals surface area contributed by atoms with Crippen LogP contribution in [0.3, 0.4) is 0 Å². The van der Waals surface area contributed by atoms with Gasteiger partial charge in [0.05, 0.1) is 19.8 Å². The molecule has 5 nitrogen and oxygen atoms in total. The maximum Gasteiger partial charge on any atom is 0.261 e. The summed E-state index contributed by atoms with van der Waals surface area (Å²) in [6, 6.07) is 10.9. The summed E-state index contributed by atoms with van der Waals surface area (Å²) < 4.78 is 10.6. The van der Waals surface area contributed by atoms with Crippen LogP contribution in [0.5, 0.6) is 11.5 Å². The van der Waals surface area contributed by atoms with Gasteiger partial charge in [-0.05, 0) is 25.1 Å². The van der Waals surface area contributed by atoms with E-state index in [9.17, 15) is 4.79 Å². The number of rotatable bonds is 4. The third-order valence-electron chi connectivity index (χ3n) is 3.46. The van der Waals surface area contributed by atoms with Gasteiger partial charge in [0.15, 0.2) is 11.5 Å². The highest BCUT2D eigenvalue weighted by Gasteiger charge is 2.21. The largest absolute Gasteiger partial charge is 0.493 e. The van der Waals surface area contributed by atoms with Crippen LogP contribution in [0.1, 0.15) is 15.9 Å². The van der Waals surface area contributed by atoms with Crippen LogP contribution >= 0.6 is 0 Å². The van der Waals surface area contributed by atoms with Crippen LogP contribution in [0, 0.1) is 6.92 Å². The summed E-state index contributed by atoms with van der Waals surface area (Å²) in [5.41, 5.74) is 8.58. The van der Waals surface area contributed by atoms with Crippen molar-refractivity contribution in [2.75, 3.05) is 31.9 Å². The Bertz CT molecular complexity index is 681. The first-order chi connectivity index (χ1) is 10.5.